The number of aromatic nitrogens is 1. The van der Waals surface area contributed by atoms with E-state index in [4.69, 9.17) is 5.11 Å². The van der Waals surface area contributed by atoms with Crippen LogP contribution in [0.25, 0.3) is 0 Å². The zero-order valence-corrected chi connectivity index (χ0v) is 10.9. The second-order valence-electron chi connectivity index (χ2n) is 4.48. The lowest BCUT2D eigenvalue weighted by molar-refractivity contribution is -0.139. The smallest absolute Gasteiger partial charge is 0.326 e. The molecule has 2 aromatic rings. The molecule has 0 spiro atoms. The van der Waals surface area contributed by atoms with Gasteiger partial charge in [-0.15, -0.1) is 0 Å². The van der Waals surface area contributed by atoms with Gasteiger partial charge in [0.15, 0.2) is 11.5 Å². The van der Waals surface area contributed by atoms with Crippen LogP contribution >= 0.6 is 0 Å². The van der Waals surface area contributed by atoms with Gasteiger partial charge in [-0.1, -0.05) is 6.07 Å². The second-order valence-corrected chi connectivity index (χ2v) is 4.48. The molecule has 7 nitrogen and oxygen atoms in total. The van der Waals surface area contributed by atoms with Crippen molar-refractivity contribution in [1.82, 2.24) is 10.3 Å². The number of nitrogens with one attached hydrogen (secondary N) is 2. The number of amides is 1. The summed E-state index contributed by atoms with van der Waals surface area (Å²) in [6.45, 7) is 0. The zero-order valence-electron chi connectivity index (χ0n) is 10.9. The van der Waals surface area contributed by atoms with E-state index in [1.54, 1.807) is 12.3 Å². The third kappa shape index (κ3) is 3.53. The number of hydrogen-bond donors (Lipinski definition) is 5. The quantitative estimate of drug-likeness (QED) is 0.522. The molecule has 0 saturated heterocycles. The summed E-state index contributed by atoms with van der Waals surface area (Å²) in [6, 6.07) is 6.00. The van der Waals surface area contributed by atoms with Gasteiger partial charge in [0, 0.05) is 12.6 Å². The Kier molecular flexibility index (Phi) is 4.13. The maximum atomic E-state index is 11.8. The summed E-state index contributed by atoms with van der Waals surface area (Å²) < 4.78 is 0. The number of aromatic hydroxyl groups is 2. The van der Waals surface area contributed by atoms with Crippen LogP contribution < -0.4 is 5.32 Å². The summed E-state index contributed by atoms with van der Waals surface area (Å²) in [6.07, 6.45) is 1.54. The molecule has 1 aromatic carbocycles. The molecule has 0 aliphatic rings. The first-order valence-corrected chi connectivity index (χ1v) is 6.15. The third-order valence-electron chi connectivity index (χ3n) is 2.93. The van der Waals surface area contributed by atoms with Crippen LogP contribution in [0.1, 0.15) is 16.1 Å². The van der Waals surface area contributed by atoms with Gasteiger partial charge in [0.1, 0.15) is 11.7 Å². The number of carbonyl (C=O) groups is 2. The van der Waals surface area contributed by atoms with Crippen molar-refractivity contribution in [3.05, 3.63) is 47.8 Å². The maximum absolute atomic E-state index is 11.8. The molecule has 0 radical (unpaired) electrons. The fraction of sp³-hybridized carbons (Fsp3) is 0.143. The number of aromatic amines is 1. The molecule has 0 fully saturated rings. The van der Waals surface area contributed by atoms with Crippen LogP contribution in [0.2, 0.25) is 0 Å². The van der Waals surface area contributed by atoms with Crippen LogP contribution in [0.4, 0.5) is 0 Å². The van der Waals surface area contributed by atoms with Gasteiger partial charge in [0.05, 0.1) is 0 Å². The fourth-order valence-electron chi connectivity index (χ4n) is 1.84. The molecule has 7 heteroatoms. The molecule has 1 amide bonds. The first kappa shape index (κ1) is 14.4. The summed E-state index contributed by atoms with van der Waals surface area (Å²) in [5, 5.41) is 30.2. The Bertz CT molecular complexity index is 651. The molecule has 0 saturated carbocycles. The van der Waals surface area contributed by atoms with Crippen LogP contribution in [-0.4, -0.2) is 38.2 Å². The highest BCUT2D eigenvalue weighted by molar-refractivity contribution is 5.95. The molecule has 5 N–H and O–H groups in total. The molecule has 110 valence electrons. The van der Waals surface area contributed by atoms with Gasteiger partial charge in [0.25, 0.3) is 5.91 Å². The van der Waals surface area contributed by atoms with Crippen molar-refractivity contribution in [1.29, 1.82) is 0 Å². The van der Waals surface area contributed by atoms with Gasteiger partial charge in [0.2, 0.25) is 0 Å². The number of benzene rings is 1. The van der Waals surface area contributed by atoms with E-state index in [1.807, 2.05) is 0 Å². The number of carbonyl (C=O) groups excluding carboxylic acids is 1. The standard InChI is InChI=1S/C14H14N2O5/c17-11-4-3-8(7-12(11)18)6-10(14(20)21)16-13(19)9-2-1-5-15-9/h1-5,7,10,15,17-18H,6H2,(H,16,19)(H,20,21). The molecular formula is C14H14N2O5. The van der Waals surface area contributed by atoms with Crippen molar-refractivity contribution in [3.63, 3.8) is 0 Å². The fourth-order valence-corrected chi connectivity index (χ4v) is 1.84. The number of carboxylic acid groups (broad SMARTS) is 1. The van der Waals surface area contributed by atoms with Gasteiger partial charge in [-0.3, -0.25) is 4.79 Å². The number of rotatable bonds is 5. The lowest BCUT2D eigenvalue weighted by Gasteiger charge is -2.14. The molecule has 0 bridgehead atoms. The summed E-state index contributed by atoms with van der Waals surface area (Å²) in [5.74, 6) is -2.36. The minimum absolute atomic E-state index is 0.0182. The molecule has 1 aromatic heterocycles. The number of carboxylic acids is 1. The molecule has 0 aliphatic carbocycles. The molecule has 21 heavy (non-hydrogen) atoms. The van der Waals surface area contributed by atoms with E-state index < -0.39 is 17.9 Å². The van der Waals surface area contributed by atoms with Crippen molar-refractivity contribution in [2.45, 2.75) is 12.5 Å². The average Bonchev–Trinajstić information content (AvgIpc) is 2.96. The molecule has 0 aliphatic heterocycles. The summed E-state index contributed by atoms with van der Waals surface area (Å²) in [5.41, 5.74) is 0.735. The number of aliphatic carboxylic acids is 1. The number of phenols is 2. The molecule has 1 atom stereocenters. The van der Waals surface area contributed by atoms with Crippen molar-refractivity contribution >= 4 is 11.9 Å². The predicted molar refractivity (Wildman–Crippen MR) is 73.2 cm³/mol. The number of hydrogen-bond acceptors (Lipinski definition) is 4. The number of H-pyrrole nitrogens is 1. The zero-order chi connectivity index (χ0) is 15.4. The second kappa shape index (κ2) is 6.00. The van der Waals surface area contributed by atoms with E-state index in [2.05, 4.69) is 10.3 Å². The lowest BCUT2D eigenvalue weighted by atomic mass is 10.1. The van der Waals surface area contributed by atoms with E-state index in [0.717, 1.165) is 0 Å². The Morgan fingerprint density at radius 3 is 2.52 bits per heavy atom. The van der Waals surface area contributed by atoms with Gasteiger partial charge < -0.3 is 25.6 Å². The van der Waals surface area contributed by atoms with Crippen LogP contribution in [0.5, 0.6) is 11.5 Å². The predicted octanol–water partition coefficient (Wildman–Crippen LogP) is 0.852. The Morgan fingerprint density at radius 2 is 1.95 bits per heavy atom. The molecular weight excluding hydrogens is 276 g/mol. The van der Waals surface area contributed by atoms with Crippen LogP contribution in [0, 0.1) is 0 Å². The first-order chi connectivity index (χ1) is 9.97. The number of phenolic OH excluding ortho intramolecular Hbond substituents is 2. The largest absolute Gasteiger partial charge is 0.504 e. The van der Waals surface area contributed by atoms with Crippen LogP contribution in [0.15, 0.2) is 36.5 Å². The maximum Gasteiger partial charge on any atom is 0.326 e. The Morgan fingerprint density at radius 1 is 1.19 bits per heavy atom. The lowest BCUT2D eigenvalue weighted by Crippen LogP contribution is -2.42. The highest BCUT2D eigenvalue weighted by Gasteiger charge is 2.21. The molecule has 2 rings (SSSR count). The first-order valence-electron chi connectivity index (χ1n) is 6.15. The Balaban J connectivity index is 2.10. The van der Waals surface area contributed by atoms with Crippen LogP contribution in [-0.2, 0) is 11.2 Å². The molecule has 1 heterocycles. The van der Waals surface area contributed by atoms with E-state index in [-0.39, 0.29) is 23.6 Å². The third-order valence-corrected chi connectivity index (χ3v) is 2.93. The van der Waals surface area contributed by atoms with Gasteiger partial charge in [-0.25, -0.2) is 4.79 Å². The topological polar surface area (TPSA) is 123 Å². The van der Waals surface area contributed by atoms with E-state index in [0.29, 0.717) is 5.56 Å². The van der Waals surface area contributed by atoms with Crippen molar-refractivity contribution in [2.24, 2.45) is 0 Å². The highest BCUT2D eigenvalue weighted by Crippen LogP contribution is 2.25. The van der Waals surface area contributed by atoms with Gasteiger partial charge >= 0.3 is 5.97 Å². The SMILES string of the molecule is O=C(NC(Cc1ccc(O)c(O)c1)C(=O)O)c1ccc[nH]1. The minimum atomic E-state index is -1.19. The van der Waals surface area contributed by atoms with Crippen molar-refractivity contribution < 1.29 is 24.9 Å². The Hall–Kier alpha value is -2.96. The van der Waals surface area contributed by atoms with E-state index >= 15 is 0 Å². The van der Waals surface area contributed by atoms with Gasteiger partial charge in [-0.2, -0.15) is 0 Å². The Labute approximate surface area is 119 Å². The van der Waals surface area contributed by atoms with Crippen molar-refractivity contribution in [2.75, 3.05) is 0 Å². The summed E-state index contributed by atoms with van der Waals surface area (Å²) in [7, 11) is 0. The highest BCUT2D eigenvalue weighted by atomic mass is 16.4. The average molecular weight is 290 g/mol. The normalized spacial score (nSPS) is 11.8. The molecule has 1 unspecified atom stereocenters. The van der Waals surface area contributed by atoms with Crippen LogP contribution in [0.3, 0.4) is 0 Å². The van der Waals surface area contributed by atoms with E-state index in [9.17, 15) is 19.8 Å². The monoisotopic (exact) mass is 290 g/mol. The summed E-state index contributed by atoms with van der Waals surface area (Å²) >= 11 is 0. The van der Waals surface area contributed by atoms with E-state index in [1.165, 1.54) is 24.3 Å². The van der Waals surface area contributed by atoms with Gasteiger partial charge in [-0.05, 0) is 29.8 Å². The van der Waals surface area contributed by atoms with Crippen molar-refractivity contribution in [3.8, 4) is 11.5 Å². The minimum Gasteiger partial charge on any atom is -0.504 e. The summed E-state index contributed by atoms with van der Waals surface area (Å²) in [4.78, 5) is 25.7.